The number of fused-ring (bicyclic) bond motifs is 1. The number of halogens is 4. The number of aliphatic hydroxyl groups is 1. The summed E-state index contributed by atoms with van der Waals surface area (Å²) in [5.41, 5.74) is -3.53. The number of aliphatic imine (C=N–C) groups is 1. The molecular weight excluding hydrogens is 402 g/mol. The number of nitrogens with one attached hydrogen (secondary N) is 1. The zero-order valence-electron chi connectivity index (χ0n) is 16.6. The average molecular weight is 423 g/mol. The van der Waals surface area contributed by atoms with Crippen LogP contribution in [0.2, 0.25) is 0 Å². The van der Waals surface area contributed by atoms with Crippen LogP contribution in [-0.2, 0) is 5.41 Å². The molecule has 1 atom stereocenters. The number of aromatic nitrogens is 2. The molecule has 0 fully saturated rings. The Morgan fingerprint density at radius 2 is 1.87 bits per heavy atom. The van der Waals surface area contributed by atoms with Gasteiger partial charge in [0.1, 0.15) is 0 Å². The van der Waals surface area contributed by atoms with Crippen LogP contribution < -0.4 is 4.74 Å². The van der Waals surface area contributed by atoms with Gasteiger partial charge in [-0.15, -0.1) is 0 Å². The summed E-state index contributed by atoms with van der Waals surface area (Å²) in [6.45, 7) is 2.96. The molecule has 5 nitrogen and oxygen atoms in total. The van der Waals surface area contributed by atoms with Crippen LogP contribution in [0, 0.1) is 5.82 Å². The van der Waals surface area contributed by atoms with Gasteiger partial charge in [0, 0.05) is 17.2 Å². The second-order valence-electron chi connectivity index (χ2n) is 7.67. The minimum absolute atomic E-state index is 0.160. The van der Waals surface area contributed by atoms with Crippen molar-refractivity contribution < 1.29 is 27.4 Å². The van der Waals surface area contributed by atoms with E-state index in [1.807, 2.05) is 0 Å². The molecule has 2 N–H and O–H groups in total. The highest BCUT2D eigenvalue weighted by molar-refractivity contribution is 5.91. The van der Waals surface area contributed by atoms with Gasteiger partial charge in [-0.2, -0.15) is 18.3 Å². The average Bonchev–Trinajstić information content (AvgIpc) is 3.14. The Labute approximate surface area is 170 Å². The summed E-state index contributed by atoms with van der Waals surface area (Å²) in [5, 5.41) is 17.7. The number of methoxy groups -OCH3 is 1. The molecule has 1 heterocycles. The number of para-hydroxylation sites is 1. The number of benzene rings is 2. The Hall–Kier alpha value is -2.94. The molecule has 0 radical (unpaired) electrons. The minimum atomic E-state index is -5.02. The van der Waals surface area contributed by atoms with E-state index in [1.165, 1.54) is 45.4 Å². The van der Waals surface area contributed by atoms with E-state index in [0.717, 1.165) is 6.07 Å². The fourth-order valence-corrected chi connectivity index (χ4v) is 3.48. The monoisotopic (exact) mass is 423 g/mol. The SMILES string of the molecule is COc1c(F)cccc1C(C)(C)CC(O)(/C=N/c1cccc2[nH]ncc12)C(F)(F)F. The van der Waals surface area contributed by atoms with Gasteiger partial charge in [0.2, 0.25) is 0 Å². The Kier molecular flexibility index (Phi) is 5.60. The number of hydrogen-bond acceptors (Lipinski definition) is 4. The highest BCUT2D eigenvalue weighted by Gasteiger charge is 2.55. The van der Waals surface area contributed by atoms with Crippen LogP contribution in [0.15, 0.2) is 47.6 Å². The van der Waals surface area contributed by atoms with Gasteiger partial charge in [-0.1, -0.05) is 32.0 Å². The van der Waals surface area contributed by atoms with Crippen molar-refractivity contribution in [3.63, 3.8) is 0 Å². The van der Waals surface area contributed by atoms with Crippen molar-refractivity contribution in [1.82, 2.24) is 10.2 Å². The fraction of sp³-hybridized carbons (Fsp3) is 0.333. The van der Waals surface area contributed by atoms with Crippen LogP contribution in [0.1, 0.15) is 25.8 Å². The van der Waals surface area contributed by atoms with Gasteiger partial charge in [-0.25, -0.2) is 4.39 Å². The van der Waals surface area contributed by atoms with E-state index in [4.69, 9.17) is 4.74 Å². The Morgan fingerprint density at radius 3 is 2.53 bits per heavy atom. The zero-order valence-corrected chi connectivity index (χ0v) is 16.6. The zero-order chi connectivity index (χ0) is 22.2. The Morgan fingerprint density at radius 1 is 1.17 bits per heavy atom. The number of nitrogens with zero attached hydrogens (tertiary/aromatic N) is 2. The van der Waals surface area contributed by atoms with Gasteiger partial charge in [-0.05, 0) is 30.0 Å². The number of ether oxygens (including phenoxy) is 1. The lowest BCUT2D eigenvalue weighted by Gasteiger charge is -2.36. The molecule has 30 heavy (non-hydrogen) atoms. The van der Waals surface area contributed by atoms with Crippen molar-refractivity contribution in [2.45, 2.75) is 37.5 Å². The molecule has 1 aromatic heterocycles. The van der Waals surface area contributed by atoms with Crippen LogP contribution in [0.3, 0.4) is 0 Å². The number of rotatable bonds is 6. The second kappa shape index (κ2) is 7.71. The number of hydrogen-bond donors (Lipinski definition) is 2. The molecule has 3 aromatic rings. The van der Waals surface area contributed by atoms with Crippen LogP contribution in [0.5, 0.6) is 5.75 Å². The normalized spacial score (nSPS) is 14.9. The Bertz CT molecular complexity index is 1080. The topological polar surface area (TPSA) is 70.5 Å². The predicted octanol–water partition coefficient (Wildman–Crippen LogP) is 5.07. The molecule has 0 saturated heterocycles. The van der Waals surface area contributed by atoms with Crippen LogP contribution in [0.4, 0.5) is 23.2 Å². The van der Waals surface area contributed by atoms with Crippen LogP contribution >= 0.6 is 0 Å². The first-order valence-corrected chi connectivity index (χ1v) is 9.08. The summed E-state index contributed by atoms with van der Waals surface area (Å²) >= 11 is 0. The van der Waals surface area contributed by atoms with E-state index < -0.39 is 29.4 Å². The quantitative estimate of drug-likeness (QED) is 0.429. The third-order valence-corrected chi connectivity index (χ3v) is 4.98. The van der Waals surface area contributed by atoms with E-state index in [0.29, 0.717) is 17.1 Å². The largest absolute Gasteiger partial charge is 0.493 e. The van der Waals surface area contributed by atoms with Gasteiger partial charge >= 0.3 is 6.18 Å². The maximum atomic E-state index is 14.1. The molecule has 3 rings (SSSR count). The molecule has 0 saturated carbocycles. The molecule has 0 aliphatic rings. The number of alkyl halides is 3. The first-order valence-electron chi connectivity index (χ1n) is 9.08. The summed E-state index contributed by atoms with van der Waals surface area (Å²) in [4.78, 5) is 3.92. The number of aromatic amines is 1. The van der Waals surface area contributed by atoms with Crippen LogP contribution in [0.25, 0.3) is 10.9 Å². The molecule has 1 unspecified atom stereocenters. The Balaban J connectivity index is 2.02. The van der Waals surface area contributed by atoms with E-state index in [2.05, 4.69) is 15.2 Å². The standard InChI is InChI=1S/C21H21F4N3O2/c1-19(2,14-6-4-7-15(22)18(14)30-3)11-20(29,21(23,24)25)12-26-16-8-5-9-17-13(16)10-27-28-17/h4-10,12,29H,11H2,1-3H3,(H,27,28)/b26-12+. The summed E-state index contributed by atoms with van der Waals surface area (Å²) in [6.07, 6.45) is -3.88. The summed E-state index contributed by atoms with van der Waals surface area (Å²) in [6, 6.07) is 8.85. The molecule has 0 amide bonds. The van der Waals surface area contributed by atoms with E-state index in [9.17, 15) is 22.7 Å². The molecular formula is C21H21F4N3O2. The molecule has 2 aromatic carbocycles. The van der Waals surface area contributed by atoms with Crippen molar-refractivity contribution in [2.24, 2.45) is 4.99 Å². The fourth-order valence-electron chi connectivity index (χ4n) is 3.48. The van der Waals surface area contributed by atoms with Crippen molar-refractivity contribution in [1.29, 1.82) is 0 Å². The highest BCUT2D eigenvalue weighted by Crippen LogP contribution is 2.43. The van der Waals surface area contributed by atoms with Gasteiger partial charge in [0.25, 0.3) is 0 Å². The van der Waals surface area contributed by atoms with Gasteiger partial charge in [0.15, 0.2) is 17.2 Å². The second-order valence-corrected chi connectivity index (χ2v) is 7.67. The van der Waals surface area contributed by atoms with E-state index in [1.54, 1.807) is 12.1 Å². The first kappa shape index (κ1) is 21.8. The van der Waals surface area contributed by atoms with Crippen molar-refractivity contribution >= 4 is 22.8 Å². The maximum absolute atomic E-state index is 14.1. The first-order chi connectivity index (χ1) is 14.0. The summed E-state index contributed by atoms with van der Waals surface area (Å²) in [7, 11) is 1.24. The maximum Gasteiger partial charge on any atom is 0.422 e. The van der Waals surface area contributed by atoms with E-state index >= 15 is 0 Å². The van der Waals surface area contributed by atoms with Gasteiger partial charge in [-0.3, -0.25) is 10.1 Å². The van der Waals surface area contributed by atoms with Crippen molar-refractivity contribution in [3.05, 3.63) is 54.0 Å². The molecule has 0 aliphatic heterocycles. The van der Waals surface area contributed by atoms with Crippen LogP contribution in [-0.4, -0.2) is 40.4 Å². The molecule has 0 spiro atoms. The molecule has 0 aliphatic carbocycles. The summed E-state index contributed by atoms with van der Waals surface area (Å²) < 4.78 is 60.9. The number of H-pyrrole nitrogens is 1. The molecule has 9 heteroatoms. The lowest BCUT2D eigenvalue weighted by atomic mass is 9.74. The predicted molar refractivity (Wildman–Crippen MR) is 106 cm³/mol. The third-order valence-electron chi connectivity index (χ3n) is 4.98. The highest BCUT2D eigenvalue weighted by atomic mass is 19.4. The van der Waals surface area contributed by atoms with E-state index in [-0.39, 0.29) is 17.0 Å². The molecule has 160 valence electrons. The van der Waals surface area contributed by atoms with Gasteiger partial charge < -0.3 is 9.84 Å². The van der Waals surface area contributed by atoms with Crippen molar-refractivity contribution in [2.75, 3.05) is 7.11 Å². The lowest BCUT2D eigenvalue weighted by molar-refractivity contribution is -0.234. The van der Waals surface area contributed by atoms with Crippen molar-refractivity contribution in [3.8, 4) is 5.75 Å². The third kappa shape index (κ3) is 4.02. The molecule has 0 bridgehead atoms. The lowest BCUT2D eigenvalue weighted by Crippen LogP contribution is -2.50. The summed E-state index contributed by atoms with van der Waals surface area (Å²) in [5.74, 6) is -0.856. The van der Waals surface area contributed by atoms with Gasteiger partial charge in [0.05, 0.1) is 24.5 Å². The minimum Gasteiger partial charge on any atom is -0.493 e. The smallest absolute Gasteiger partial charge is 0.422 e.